The number of nitrogens with zero attached hydrogens (tertiary/aromatic N) is 2. The zero-order valence-electron chi connectivity index (χ0n) is 19.2. The highest BCUT2D eigenvalue weighted by atomic mass is 35.5. The summed E-state index contributed by atoms with van der Waals surface area (Å²) in [4.78, 5) is 39.1. The normalized spacial score (nSPS) is 10.6. The SMILES string of the molecule is CCOC(=O)CCNC(=O)N(c1cccc(-c2ccc(Cl)cc2)c1)c1c(O)c(C)cn(C)c1=O. The third kappa shape index (κ3) is 5.58. The number of ether oxygens (including phenoxy) is 1. The van der Waals surface area contributed by atoms with Gasteiger partial charge in [0.15, 0.2) is 5.69 Å². The number of carbonyl (C=O) groups is 2. The van der Waals surface area contributed by atoms with Crippen molar-refractivity contribution in [1.29, 1.82) is 0 Å². The summed E-state index contributed by atoms with van der Waals surface area (Å²) in [6.45, 7) is 3.57. The van der Waals surface area contributed by atoms with E-state index < -0.39 is 17.6 Å². The number of rotatable bonds is 7. The maximum atomic E-state index is 13.3. The molecule has 0 atom stereocenters. The number of benzene rings is 2. The first-order chi connectivity index (χ1) is 16.2. The molecule has 8 nitrogen and oxygen atoms in total. The van der Waals surface area contributed by atoms with Gasteiger partial charge in [0.2, 0.25) is 0 Å². The van der Waals surface area contributed by atoms with Gasteiger partial charge in [0, 0.05) is 30.4 Å². The summed E-state index contributed by atoms with van der Waals surface area (Å²) in [5.74, 6) is -0.756. The number of aryl methyl sites for hydroxylation is 2. The Morgan fingerprint density at radius 2 is 1.85 bits per heavy atom. The van der Waals surface area contributed by atoms with Crippen LogP contribution in [0.15, 0.2) is 59.5 Å². The Morgan fingerprint density at radius 3 is 2.53 bits per heavy atom. The van der Waals surface area contributed by atoms with Crippen molar-refractivity contribution in [2.75, 3.05) is 18.1 Å². The van der Waals surface area contributed by atoms with E-state index in [-0.39, 0.29) is 31.0 Å². The van der Waals surface area contributed by atoms with Crippen molar-refractivity contribution in [2.24, 2.45) is 7.05 Å². The van der Waals surface area contributed by atoms with Gasteiger partial charge in [-0.05, 0) is 49.2 Å². The third-order valence-electron chi connectivity index (χ3n) is 5.13. The van der Waals surface area contributed by atoms with E-state index in [1.54, 1.807) is 51.2 Å². The van der Waals surface area contributed by atoms with Crippen molar-refractivity contribution >= 4 is 35.0 Å². The molecule has 2 N–H and O–H groups in total. The van der Waals surface area contributed by atoms with Gasteiger partial charge in [-0.15, -0.1) is 0 Å². The fraction of sp³-hybridized carbons (Fsp3) is 0.240. The van der Waals surface area contributed by atoms with E-state index >= 15 is 0 Å². The molecule has 34 heavy (non-hydrogen) atoms. The Bertz CT molecular complexity index is 1250. The van der Waals surface area contributed by atoms with Crippen LogP contribution in [0, 0.1) is 6.92 Å². The molecule has 178 valence electrons. The van der Waals surface area contributed by atoms with Gasteiger partial charge in [0.05, 0.1) is 18.7 Å². The maximum absolute atomic E-state index is 13.3. The summed E-state index contributed by atoms with van der Waals surface area (Å²) in [5, 5.41) is 14.0. The first kappa shape index (κ1) is 24.9. The van der Waals surface area contributed by atoms with E-state index in [1.807, 2.05) is 18.2 Å². The van der Waals surface area contributed by atoms with Gasteiger partial charge in [0.25, 0.3) is 5.56 Å². The number of halogens is 1. The molecule has 2 aromatic carbocycles. The highest BCUT2D eigenvalue weighted by molar-refractivity contribution is 6.30. The molecule has 1 aromatic heterocycles. The van der Waals surface area contributed by atoms with Crippen LogP contribution in [0.25, 0.3) is 11.1 Å². The van der Waals surface area contributed by atoms with Crippen LogP contribution in [0.5, 0.6) is 5.75 Å². The van der Waals surface area contributed by atoms with Crippen molar-refractivity contribution in [3.8, 4) is 16.9 Å². The van der Waals surface area contributed by atoms with Crippen LogP contribution in [0.1, 0.15) is 18.9 Å². The van der Waals surface area contributed by atoms with Gasteiger partial charge in [-0.2, -0.15) is 0 Å². The molecule has 0 unspecified atom stereocenters. The summed E-state index contributed by atoms with van der Waals surface area (Å²) >= 11 is 6.00. The second-order valence-electron chi connectivity index (χ2n) is 7.60. The predicted molar refractivity (Wildman–Crippen MR) is 132 cm³/mol. The average molecular weight is 484 g/mol. The molecule has 3 rings (SSSR count). The Balaban J connectivity index is 2.06. The Morgan fingerprint density at radius 1 is 1.15 bits per heavy atom. The number of aromatic hydroxyl groups is 1. The van der Waals surface area contributed by atoms with E-state index in [0.29, 0.717) is 16.3 Å². The highest BCUT2D eigenvalue weighted by Gasteiger charge is 2.26. The largest absolute Gasteiger partial charge is 0.505 e. The molecule has 2 amide bonds. The molecule has 0 radical (unpaired) electrons. The van der Waals surface area contributed by atoms with Gasteiger partial charge in [-0.1, -0.05) is 35.9 Å². The number of esters is 1. The number of anilines is 2. The minimum atomic E-state index is -0.671. The Labute approximate surface area is 202 Å². The summed E-state index contributed by atoms with van der Waals surface area (Å²) < 4.78 is 6.19. The highest BCUT2D eigenvalue weighted by Crippen LogP contribution is 2.34. The molecule has 1 heterocycles. The minimum absolute atomic E-state index is 0.00205. The number of hydrogen-bond acceptors (Lipinski definition) is 5. The zero-order valence-corrected chi connectivity index (χ0v) is 19.9. The monoisotopic (exact) mass is 483 g/mol. The second kappa shape index (κ2) is 10.9. The third-order valence-corrected chi connectivity index (χ3v) is 5.38. The molecule has 0 bridgehead atoms. The molecule has 0 fully saturated rings. The van der Waals surface area contributed by atoms with Crippen LogP contribution in [0.4, 0.5) is 16.2 Å². The van der Waals surface area contributed by atoms with Gasteiger partial charge in [-0.25, -0.2) is 4.79 Å². The molecule has 0 aliphatic rings. The summed E-state index contributed by atoms with van der Waals surface area (Å²) in [7, 11) is 1.54. The van der Waals surface area contributed by atoms with Gasteiger partial charge < -0.3 is 19.7 Å². The standard InChI is InChI=1S/C25H26ClN3O5/c1-4-34-21(30)12-13-27-25(33)29(22-23(31)16(2)15-28(3)24(22)32)20-7-5-6-18(14-20)17-8-10-19(26)11-9-17/h5-11,14-15,31H,4,12-13H2,1-3H3,(H,27,33). The number of hydrogen-bond donors (Lipinski definition) is 2. The smallest absolute Gasteiger partial charge is 0.326 e. The lowest BCUT2D eigenvalue weighted by Crippen LogP contribution is -2.41. The van der Waals surface area contributed by atoms with Gasteiger partial charge >= 0.3 is 12.0 Å². The lowest BCUT2D eigenvalue weighted by Gasteiger charge is -2.25. The lowest BCUT2D eigenvalue weighted by molar-refractivity contribution is -0.142. The van der Waals surface area contributed by atoms with Crippen molar-refractivity contribution in [2.45, 2.75) is 20.3 Å². The zero-order chi connectivity index (χ0) is 24.8. The molecule has 9 heteroatoms. The number of pyridine rings is 1. The molecule has 0 aliphatic carbocycles. The molecule has 0 spiro atoms. The maximum Gasteiger partial charge on any atom is 0.326 e. The fourth-order valence-corrected chi connectivity index (χ4v) is 3.59. The van der Waals surface area contributed by atoms with Crippen molar-refractivity contribution in [3.05, 3.63) is 75.7 Å². The lowest BCUT2D eigenvalue weighted by atomic mass is 10.0. The van der Waals surface area contributed by atoms with Crippen molar-refractivity contribution in [3.63, 3.8) is 0 Å². The summed E-state index contributed by atoms with van der Waals surface area (Å²) in [6.07, 6.45) is 1.46. The number of urea groups is 1. The topological polar surface area (TPSA) is 101 Å². The number of aromatic nitrogens is 1. The average Bonchev–Trinajstić information content (AvgIpc) is 2.81. The molecular formula is C25H26ClN3O5. The van der Waals surface area contributed by atoms with Crippen molar-refractivity contribution < 1.29 is 19.4 Å². The molecule has 0 saturated heterocycles. The van der Waals surface area contributed by atoms with Crippen LogP contribution in [-0.2, 0) is 16.6 Å². The van der Waals surface area contributed by atoms with E-state index in [0.717, 1.165) is 16.0 Å². The molecule has 0 aliphatic heterocycles. The van der Waals surface area contributed by atoms with Crippen molar-refractivity contribution in [1.82, 2.24) is 9.88 Å². The molecule has 0 saturated carbocycles. The first-order valence-electron chi connectivity index (χ1n) is 10.7. The van der Waals surface area contributed by atoms with Crippen LogP contribution >= 0.6 is 11.6 Å². The second-order valence-corrected chi connectivity index (χ2v) is 8.04. The van der Waals surface area contributed by atoms with E-state index in [9.17, 15) is 19.5 Å². The van der Waals surface area contributed by atoms with Crippen LogP contribution in [0.3, 0.4) is 0 Å². The van der Waals surface area contributed by atoms with E-state index in [4.69, 9.17) is 16.3 Å². The summed E-state index contributed by atoms with van der Waals surface area (Å²) in [6, 6.07) is 13.5. The fourth-order valence-electron chi connectivity index (χ4n) is 3.47. The number of nitrogens with one attached hydrogen (secondary N) is 1. The van der Waals surface area contributed by atoms with Crippen LogP contribution < -0.4 is 15.8 Å². The number of amides is 2. The Kier molecular flexibility index (Phi) is 7.96. The number of carbonyl (C=O) groups excluding carboxylic acids is 2. The molecular weight excluding hydrogens is 458 g/mol. The first-order valence-corrected chi connectivity index (χ1v) is 11.1. The van der Waals surface area contributed by atoms with Gasteiger partial charge in [-0.3, -0.25) is 14.5 Å². The quantitative estimate of drug-likeness (QED) is 0.481. The van der Waals surface area contributed by atoms with Crippen LogP contribution in [-0.4, -0.2) is 34.8 Å². The predicted octanol–water partition coefficient (Wildman–Crippen LogP) is 4.52. The summed E-state index contributed by atoms with van der Waals surface area (Å²) in [5.41, 5.74) is 1.68. The van der Waals surface area contributed by atoms with E-state index in [2.05, 4.69) is 5.32 Å². The Hall–Kier alpha value is -3.78. The van der Waals surface area contributed by atoms with Gasteiger partial charge in [0.1, 0.15) is 5.75 Å². The minimum Gasteiger partial charge on any atom is -0.505 e. The van der Waals surface area contributed by atoms with E-state index in [1.165, 1.54) is 10.8 Å². The molecule has 3 aromatic rings. The van der Waals surface area contributed by atoms with Crippen LogP contribution in [0.2, 0.25) is 5.02 Å².